The molecule has 0 bridgehead atoms. The molecule has 138 valence electrons. The van der Waals surface area contributed by atoms with E-state index in [0.29, 0.717) is 12.1 Å². The Morgan fingerprint density at radius 3 is 2.46 bits per heavy atom. The predicted octanol–water partition coefficient (Wildman–Crippen LogP) is 4.73. The molecule has 0 aliphatic heterocycles. The zero-order valence-electron chi connectivity index (χ0n) is 14.9. The number of rotatable bonds is 7. The summed E-state index contributed by atoms with van der Waals surface area (Å²) in [5.41, 5.74) is 1.55. The van der Waals surface area contributed by atoms with Gasteiger partial charge in [0, 0.05) is 10.2 Å². The second kappa shape index (κ2) is 9.97. The number of carbonyl (C=O) groups excluding carboxylic acids is 2. The zero-order valence-corrected chi connectivity index (χ0v) is 16.5. The standard InChI is InChI=1S/C20H23BrN2O3/c1-14(2)11-18(19(24)22-17-10-6-9-16(21)12-17)23-20(25)26-13-15-7-4-3-5-8-15/h3-10,12,14,18H,11,13H2,1-2H3,(H,22,24)(H,23,25). The Morgan fingerprint density at radius 2 is 1.81 bits per heavy atom. The number of amides is 2. The normalized spacial score (nSPS) is 11.7. The third-order valence-corrected chi connectivity index (χ3v) is 4.11. The topological polar surface area (TPSA) is 67.4 Å². The van der Waals surface area contributed by atoms with Crippen molar-refractivity contribution in [1.82, 2.24) is 5.32 Å². The molecule has 0 aromatic heterocycles. The Labute approximate surface area is 162 Å². The highest BCUT2D eigenvalue weighted by atomic mass is 79.9. The minimum absolute atomic E-state index is 0.161. The molecular formula is C20H23BrN2O3. The highest BCUT2D eigenvalue weighted by molar-refractivity contribution is 9.10. The van der Waals surface area contributed by atoms with E-state index < -0.39 is 12.1 Å². The van der Waals surface area contributed by atoms with Crippen molar-refractivity contribution in [1.29, 1.82) is 0 Å². The molecule has 0 aliphatic carbocycles. The van der Waals surface area contributed by atoms with Gasteiger partial charge >= 0.3 is 6.09 Å². The number of hydrogen-bond acceptors (Lipinski definition) is 3. The summed E-state index contributed by atoms with van der Waals surface area (Å²) >= 11 is 3.37. The molecule has 2 amide bonds. The Bertz CT molecular complexity index is 735. The fourth-order valence-electron chi connectivity index (χ4n) is 2.41. The van der Waals surface area contributed by atoms with Crippen LogP contribution < -0.4 is 10.6 Å². The van der Waals surface area contributed by atoms with Crippen molar-refractivity contribution in [2.24, 2.45) is 5.92 Å². The molecular weight excluding hydrogens is 396 g/mol. The fourth-order valence-corrected chi connectivity index (χ4v) is 2.80. The summed E-state index contributed by atoms with van der Waals surface area (Å²) in [7, 11) is 0. The van der Waals surface area contributed by atoms with Crippen LogP contribution in [0.3, 0.4) is 0 Å². The molecule has 0 aliphatic rings. The van der Waals surface area contributed by atoms with Gasteiger partial charge in [-0.15, -0.1) is 0 Å². The smallest absolute Gasteiger partial charge is 0.408 e. The van der Waals surface area contributed by atoms with E-state index in [-0.39, 0.29) is 18.4 Å². The lowest BCUT2D eigenvalue weighted by Crippen LogP contribution is -2.44. The average Bonchev–Trinajstić information content (AvgIpc) is 2.60. The van der Waals surface area contributed by atoms with Crippen LogP contribution in [0.5, 0.6) is 0 Å². The first kappa shape index (κ1) is 20.0. The van der Waals surface area contributed by atoms with Crippen LogP contribution >= 0.6 is 15.9 Å². The first-order chi connectivity index (χ1) is 12.4. The third kappa shape index (κ3) is 6.88. The second-order valence-electron chi connectivity index (χ2n) is 6.39. The van der Waals surface area contributed by atoms with Gasteiger partial charge in [-0.2, -0.15) is 0 Å². The SMILES string of the molecule is CC(C)CC(NC(=O)OCc1ccccc1)C(=O)Nc1cccc(Br)c1. The summed E-state index contributed by atoms with van der Waals surface area (Å²) < 4.78 is 6.09. The predicted molar refractivity (Wildman–Crippen MR) is 106 cm³/mol. The van der Waals surface area contributed by atoms with Gasteiger partial charge in [0.15, 0.2) is 0 Å². The van der Waals surface area contributed by atoms with Crippen molar-refractivity contribution in [2.75, 3.05) is 5.32 Å². The number of ether oxygens (including phenoxy) is 1. The van der Waals surface area contributed by atoms with Crippen molar-refractivity contribution >= 4 is 33.6 Å². The van der Waals surface area contributed by atoms with Crippen LogP contribution in [0.1, 0.15) is 25.8 Å². The fraction of sp³-hybridized carbons (Fsp3) is 0.300. The quantitative estimate of drug-likeness (QED) is 0.682. The van der Waals surface area contributed by atoms with Crippen molar-refractivity contribution in [3.8, 4) is 0 Å². The van der Waals surface area contributed by atoms with E-state index in [1.165, 1.54) is 0 Å². The van der Waals surface area contributed by atoms with Crippen LogP contribution in [-0.2, 0) is 16.1 Å². The largest absolute Gasteiger partial charge is 0.445 e. The number of halogens is 1. The molecule has 0 spiro atoms. The molecule has 2 rings (SSSR count). The molecule has 2 N–H and O–H groups in total. The van der Waals surface area contributed by atoms with E-state index >= 15 is 0 Å². The number of nitrogens with one attached hydrogen (secondary N) is 2. The molecule has 5 nitrogen and oxygen atoms in total. The maximum absolute atomic E-state index is 12.6. The molecule has 1 unspecified atom stereocenters. The molecule has 6 heteroatoms. The minimum atomic E-state index is -0.669. The lowest BCUT2D eigenvalue weighted by atomic mass is 10.0. The third-order valence-electron chi connectivity index (χ3n) is 3.62. The number of benzene rings is 2. The molecule has 0 saturated carbocycles. The van der Waals surface area contributed by atoms with Gasteiger partial charge in [-0.3, -0.25) is 4.79 Å². The summed E-state index contributed by atoms with van der Waals surface area (Å²) in [5, 5.41) is 5.50. The van der Waals surface area contributed by atoms with Crippen LogP contribution in [-0.4, -0.2) is 18.0 Å². The maximum atomic E-state index is 12.6. The molecule has 1 atom stereocenters. The lowest BCUT2D eigenvalue weighted by molar-refractivity contribution is -0.118. The van der Waals surface area contributed by atoms with Gasteiger partial charge in [0.25, 0.3) is 0 Å². The highest BCUT2D eigenvalue weighted by Crippen LogP contribution is 2.16. The number of hydrogen-bond donors (Lipinski definition) is 2. The van der Waals surface area contributed by atoms with E-state index in [1.54, 1.807) is 12.1 Å². The van der Waals surface area contributed by atoms with Gasteiger partial charge in [0.1, 0.15) is 12.6 Å². The molecule has 2 aromatic rings. The summed E-state index contributed by atoms with van der Waals surface area (Å²) in [4.78, 5) is 24.7. The Hall–Kier alpha value is -2.34. The second-order valence-corrected chi connectivity index (χ2v) is 7.30. The molecule has 2 aromatic carbocycles. The van der Waals surface area contributed by atoms with Gasteiger partial charge in [0.2, 0.25) is 5.91 Å². The van der Waals surface area contributed by atoms with Crippen LogP contribution in [0.4, 0.5) is 10.5 Å². The number of alkyl carbamates (subject to hydrolysis) is 1. The zero-order chi connectivity index (χ0) is 18.9. The number of anilines is 1. The van der Waals surface area contributed by atoms with Crippen LogP contribution in [0.2, 0.25) is 0 Å². The molecule has 0 radical (unpaired) electrons. The van der Waals surface area contributed by atoms with Crippen molar-refractivity contribution < 1.29 is 14.3 Å². The Morgan fingerprint density at radius 1 is 1.08 bits per heavy atom. The molecule has 26 heavy (non-hydrogen) atoms. The number of carbonyl (C=O) groups is 2. The van der Waals surface area contributed by atoms with E-state index in [0.717, 1.165) is 10.0 Å². The van der Waals surface area contributed by atoms with Gasteiger partial charge in [-0.1, -0.05) is 66.2 Å². The highest BCUT2D eigenvalue weighted by Gasteiger charge is 2.22. The van der Waals surface area contributed by atoms with Gasteiger partial charge in [0.05, 0.1) is 0 Å². The molecule has 0 fully saturated rings. The van der Waals surface area contributed by atoms with Gasteiger partial charge in [-0.25, -0.2) is 4.79 Å². The van der Waals surface area contributed by atoms with E-state index in [9.17, 15) is 9.59 Å². The molecule has 0 heterocycles. The summed E-state index contributed by atoms with van der Waals surface area (Å²) in [6.45, 7) is 4.15. The van der Waals surface area contributed by atoms with Crippen molar-refractivity contribution in [2.45, 2.75) is 32.9 Å². The Kier molecular flexibility index (Phi) is 7.66. The lowest BCUT2D eigenvalue weighted by Gasteiger charge is -2.20. The summed E-state index contributed by atoms with van der Waals surface area (Å²) in [5.74, 6) is -0.0313. The monoisotopic (exact) mass is 418 g/mol. The van der Waals surface area contributed by atoms with Crippen molar-refractivity contribution in [3.63, 3.8) is 0 Å². The van der Waals surface area contributed by atoms with E-state index in [1.807, 2.05) is 56.3 Å². The molecule has 0 saturated heterocycles. The van der Waals surface area contributed by atoms with Crippen molar-refractivity contribution in [3.05, 3.63) is 64.6 Å². The van der Waals surface area contributed by atoms with Gasteiger partial charge < -0.3 is 15.4 Å². The summed E-state index contributed by atoms with van der Waals surface area (Å²) in [6, 6.07) is 16.0. The first-order valence-electron chi connectivity index (χ1n) is 8.47. The van der Waals surface area contributed by atoms with Crippen LogP contribution in [0.15, 0.2) is 59.1 Å². The first-order valence-corrected chi connectivity index (χ1v) is 9.27. The Balaban J connectivity index is 1.94. The van der Waals surface area contributed by atoms with Gasteiger partial charge in [-0.05, 0) is 36.1 Å². The van der Waals surface area contributed by atoms with E-state index in [2.05, 4.69) is 26.6 Å². The summed E-state index contributed by atoms with van der Waals surface area (Å²) in [6.07, 6.45) is -0.0933. The minimum Gasteiger partial charge on any atom is -0.445 e. The van der Waals surface area contributed by atoms with E-state index in [4.69, 9.17) is 4.74 Å². The van der Waals surface area contributed by atoms with Crippen LogP contribution in [0.25, 0.3) is 0 Å². The van der Waals surface area contributed by atoms with Crippen LogP contribution in [0, 0.1) is 5.92 Å². The maximum Gasteiger partial charge on any atom is 0.408 e. The average molecular weight is 419 g/mol.